The minimum Gasteiger partial charge on any atom is -0.261 e. The van der Waals surface area contributed by atoms with Crippen molar-refractivity contribution in [3.05, 3.63) is 65.0 Å². The van der Waals surface area contributed by atoms with Gasteiger partial charge in [0, 0.05) is 11.9 Å². The standard InChI is InChI=1S/C14H12ClN.ClH/c15-14-11-5-2-1-4-10(11)7-8-13-12(14)6-3-9-16-13;/h1-6,9,14H,7-8H2;1H. The highest BCUT2D eigenvalue weighted by atomic mass is 35.5. The summed E-state index contributed by atoms with van der Waals surface area (Å²) < 4.78 is 0. The van der Waals surface area contributed by atoms with E-state index < -0.39 is 0 Å². The zero-order chi connectivity index (χ0) is 11.0. The number of hydrogen-bond acceptors (Lipinski definition) is 1. The molecular weight excluding hydrogens is 253 g/mol. The van der Waals surface area contributed by atoms with Crippen LogP contribution < -0.4 is 0 Å². The van der Waals surface area contributed by atoms with Crippen LogP contribution in [0.1, 0.15) is 27.8 Å². The van der Waals surface area contributed by atoms with E-state index in [9.17, 15) is 0 Å². The molecule has 88 valence electrons. The topological polar surface area (TPSA) is 12.9 Å². The summed E-state index contributed by atoms with van der Waals surface area (Å²) in [4.78, 5) is 4.43. The number of fused-ring (bicyclic) bond motifs is 2. The smallest absolute Gasteiger partial charge is 0.0855 e. The largest absolute Gasteiger partial charge is 0.261 e. The van der Waals surface area contributed by atoms with Crippen LogP contribution >= 0.6 is 24.0 Å². The van der Waals surface area contributed by atoms with Crippen molar-refractivity contribution in [2.24, 2.45) is 0 Å². The van der Waals surface area contributed by atoms with Crippen LogP contribution in [0.25, 0.3) is 0 Å². The van der Waals surface area contributed by atoms with Crippen molar-refractivity contribution in [1.29, 1.82) is 0 Å². The number of benzene rings is 1. The van der Waals surface area contributed by atoms with E-state index in [0.717, 1.165) is 24.1 Å². The molecule has 1 heterocycles. The SMILES string of the molecule is Cl.ClC1c2ccccc2CCc2ncccc21. The van der Waals surface area contributed by atoms with E-state index >= 15 is 0 Å². The van der Waals surface area contributed by atoms with Crippen LogP contribution in [-0.4, -0.2) is 4.98 Å². The number of aryl methyl sites for hydroxylation is 2. The van der Waals surface area contributed by atoms with Crippen LogP contribution in [0.4, 0.5) is 0 Å². The number of rotatable bonds is 0. The Morgan fingerprint density at radius 1 is 1.00 bits per heavy atom. The lowest BCUT2D eigenvalue weighted by atomic mass is 10.0. The second kappa shape index (κ2) is 5.07. The normalized spacial score (nSPS) is 17.4. The van der Waals surface area contributed by atoms with Crippen molar-refractivity contribution in [3.63, 3.8) is 0 Å². The fourth-order valence-corrected chi connectivity index (χ4v) is 2.73. The van der Waals surface area contributed by atoms with Gasteiger partial charge in [-0.15, -0.1) is 24.0 Å². The molecule has 1 atom stereocenters. The van der Waals surface area contributed by atoms with E-state index in [1.165, 1.54) is 11.1 Å². The predicted octanol–water partition coefficient (Wildman–Crippen LogP) is 3.93. The number of halogens is 2. The molecule has 3 rings (SSSR count). The maximum absolute atomic E-state index is 6.54. The van der Waals surface area contributed by atoms with E-state index in [0.29, 0.717) is 0 Å². The minimum absolute atomic E-state index is 0. The number of hydrogen-bond donors (Lipinski definition) is 0. The monoisotopic (exact) mass is 265 g/mol. The molecule has 0 saturated heterocycles. The molecule has 0 amide bonds. The van der Waals surface area contributed by atoms with Gasteiger partial charge in [0.15, 0.2) is 0 Å². The van der Waals surface area contributed by atoms with Crippen molar-refractivity contribution in [2.75, 3.05) is 0 Å². The molecule has 1 unspecified atom stereocenters. The zero-order valence-corrected chi connectivity index (χ0v) is 10.8. The van der Waals surface area contributed by atoms with Crippen LogP contribution in [0, 0.1) is 0 Å². The molecule has 0 bridgehead atoms. The van der Waals surface area contributed by atoms with Gasteiger partial charge in [0.25, 0.3) is 0 Å². The third kappa shape index (κ3) is 2.18. The van der Waals surface area contributed by atoms with Crippen LogP contribution in [0.15, 0.2) is 42.6 Å². The average molecular weight is 266 g/mol. The van der Waals surface area contributed by atoms with Crippen molar-refractivity contribution in [3.8, 4) is 0 Å². The summed E-state index contributed by atoms with van der Waals surface area (Å²) in [6.07, 6.45) is 3.86. The van der Waals surface area contributed by atoms with Gasteiger partial charge < -0.3 is 0 Å². The molecule has 0 saturated carbocycles. The maximum Gasteiger partial charge on any atom is 0.0855 e. The van der Waals surface area contributed by atoms with Crippen LogP contribution in [-0.2, 0) is 12.8 Å². The van der Waals surface area contributed by atoms with Gasteiger partial charge in [0.1, 0.15) is 0 Å². The van der Waals surface area contributed by atoms with E-state index in [1.807, 2.05) is 12.3 Å². The predicted molar refractivity (Wildman–Crippen MR) is 73.0 cm³/mol. The lowest BCUT2D eigenvalue weighted by molar-refractivity contribution is 0.915. The fourth-order valence-electron chi connectivity index (χ4n) is 2.32. The van der Waals surface area contributed by atoms with Crippen LogP contribution in [0.5, 0.6) is 0 Å². The molecule has 1 nitrogen and oxygen atoms in total. The molecule has 0 aliphatic heterocycles. The summed E-state index contributed by atoms with van der Waals surface area (Å²) in [6, 6.07) is 12.5. The quantitative estimate of drug-likeness (QED) is 0.658. The first-order valence-corrected chi connectivity index (χ1v) is 5.95. The highest BCUT2D eigenvalue weighted by Gasteiger charge is 2.21. The van der Waals surface area contributed by atoms with Crippen molar-refractivity contribution < 1.29 is 0 Å². The van der Waals surface area contributed by atoms with E-state index in [2.05, 4.69) is 35.3 Å². The maximum atomic E-state index is 6.54. The summed E-state index contributed by atoms with van der Waals surface area (Å²) in [5, 5.41) is -0.0533. The highest BCUT2D eigenvalue weighted by molar-refractivity contribution is 6.22. The van der Waals surface area contributed by atoms with Gasteiger partial charge in [-0.25, -0.2) is 0 Å². The molecule has 0 N–H and O–H groups in total. The Morgan fingerprint density at radius 2 is 1.76 bits per heavy atom. The zero-order valence-electron chi connectivity index (χ0n) is 9.27. The molecule has 17 heavy (non-hydrogen) atoms. The van der Waals surface area contributed by atoms with Gasteiger partial charge in [-0.2, -0.15) is 0 Å². The molecule has 1 aliphatic carbocycles. The van der Waals surface area contributed by atoms with Crippen LogP contribution in [0.2, 0.25) is 0 Å². The van der Waals surface area contributed by atoms with Crippen molar-refractivity contribution in [1.82, 2.24) is 4.98 Å². The summed E-state index contributed by atoms with van der Waals surface area (Å²) in [5.41, 5.74) is 4.88. The second-order valence-corrected chi connectivity index (χ2v) is 4.54. The Kier molecular flexibility index (Phi) is 3.70. The minimum atomic E-state index is -0.0533. The van der Waals surface area contributed by atoms with Gasteiger partial charge in [0.2, 0.25) is 0 Å². The molecular formula is C14H13Cl2N. The van der Waals surface area contributed by atoms with Gasteiger partial charge >= 0.3 is 0 Å². The Balaban J connectivity index is 0.00000108. The Labute approximate surface area is 112 Å². The fraction of sp³-hybridized carbons (Fsp3) is 0.214. The van der Waals surface area contributed by atoms with E-state index in [1.54, 1.807) is 0 Å². The third-order valence-corrected chi connectivity index (χ3v) is 3.63. The lowest BCUT2D eigenvalue weighted by Crippen LogP contribution is -1.97. The second-order valence-electron chi connectivity index (χ2n) is 4.10. The molecule has 2 aromatic rings. The van der Waals surface area contributed by atoms with Gasteiger partial charge in [-0.05, 0) is 35.6 Å². The molecule has 1 aromatic heterocycles. The number of pyridine rings is 1. The molecule has 0 spiro atoms. The summed E-state index contributed by atoms with van der Waals surface area (Å²) in [6.45, 7) is 0. The van der Waals surface area contributed by atoms with Crippen molar-refractivity contribution in [2.45, 2.75) is 18.2 Å². The lowest BCUT2D eigenvalue weighted by Gasteiger charge is -2.12. The summed E-state index contributed by atoms with van der Waals surface area (Å²) in [7, 11) is 0. The first-order valence-electron chi connectivity index (χ1n) is 5.52. The average Bonchev–Trinajstić information content (AvgIpc) is 2.49. The summed E-state index contributed by atoms with van der Waals surface area (Å²) in [5.74, 6) is 0. The van der Waals surface area contributed by atoms with Crippen LogP contribution in [0.3, 0.4) is 0 Å². The van der Waals surface area contributed by atoms with Gasteiger partial charge in [0.05, 0.1) is 5.38 Å². The van der Waals surface area contributed by atoms with E-state index in [-0.39, 0.29) is 17.8 Å². The first kappa shape index (κ1) is 12.4. The Hall–Kier alpha value is -1.05. The number of nitrogens with zero attached hydrogens (tertiary/aromatic N) is 1. The first-order chi connectivity index (χ1) is 7.86. The van der Waals surface area contributed by atoms with Gasteiger partial charge in [-0.1, -0.05) is 30.3 Å². The van der Waals surface area contributed by atoms with E-state index in [4.69, 9.17) is 11.6 Å². The third-order valence-electron chi connectivity index (χ3n) is 3.16. The molecule has 1 aliphatic rings. The summed E-state index contributed by atoms with van der Waals surface area (Å²) >= 11 is 6.54. The molecule has 0 radical (unpaired) electrons. The molecule has 0 fully saturated rings. The van der Waals surface area contributed by atoms with Crippen molar-refractivity contribution >= 4 is 24.0 Å². The molecule has 3 heteroatoms. The number of alkyl halides is 1. The van der Waals surface area contributed by atoms with Gasteiger partial charge in [-0.3, -0.25) is 4.98 Å². The molecule has 1 aromatic carbocycles. The Bertz CT molecular complexity index is 478. The highest BCUT2D eigenvalue weighted by Crippen LogP contribution is 2.35. The Morgan fingerprint density at radius 3 is 2.65 bits per heavy atom. The number of aromatic nitrogens is 1.